The zero-order valence-corrected chi connectivity index (χ0v) is 13.7. The fourth-order valence-corrected chi connectivity index (χ4v) is 3.01. The predicted octanol–water partition coefficient (Wildman–Crippen LogP) is 6.06. The van der Waals surface area contributed by atoms with Gasteiger partial charge in [0.2, 0.25) is 5.43 Å². The molecular formula is C22H14F2O2. The molecule has 0 fully saturated rings. The molecule has 1 aromatic heterocycles. The van der Waals surface area contributed by atoms with Crippen LogP contribution in [-0.4, -0.2) is 0 Å². The lowest BCUT2D eigenvalue weighted by Crippen LogP contribution is -2.08. The van der Waals surface area contributed by atoms with Crippen molar-refractivity contribution in [2.24, 2.45) is 0 Å². The van der Waals surface area contributed by atoms with Gasteiger partial charge in [-0.25, -0.2) is 8.78 Å². The number of alkyl halides is 2. The molecule has 0 bridgehead atoms. The molecule has 4 rings (SSSR count). The Morgan fingerprint density at radius 1 is 0.769 bits per heavy atom. The van der Waals surface area contributed by atoms with Gasteiger partial charge in [0.15, 0.2) is 0 Å². The van der Waals surface area contributed by atoms with E-state index in [0.717, 1.165) is 5.56 Å². The molecule has 4 aromatic rings. The van der Waals surface area contributed by atoms with Gasteiger partial charge in [-0.2, -0.15) is 0 Å². The first-order chi connectivity index (χ1) is 12.6. The van der Waals surface area contributed by atoms with E-state index in [1.54, 1.807) is 0 Å². The van der Waals surface area contributed by atoms with Crippen LogP contribution in [0.4, 0.5) is 8.78 Å². The number of hydrogen-bond donors (Lipinski definition) is 0. The van der Waals surface area contributed by atoms with Crippen molar-refractivity contribution in [3.63, 3.8) is 0 Å². The summed E-state index contributed by atoms with van der Waals surface area (Å²) in [5.74, 6) is 0.430. The van der Waals surface area contributed by atoms with Gasteiger partial charge in [-0.05, 0) is 23.8 Å². The van der Waals surface area contributed by atoms with Crippen LogP contribution in [-0.2, 0) is 0 Å². The molecule has 3 aromatic carbocycles. The van der Waals surface area contributed by atoms with Gasteiger partial charge in [0.05, 0.1) is 10.9 Å². The fourth-order valence-electron chi connectivity index (χ4n) is 3.01. The Morgan fingerprint density at radius 3 is 2.00 bits per heavy atom. The van der Waals surface area contributed by atoms with Gasteiger partial charge in [0.25, 0.3) is 6.43 Å². The lowest BCUT2D eigenvalue weighted by molar-refractivity contribution is 0.151. The van der Waals surface area contributed by atoms with E-state index in [9.17, 15) is 13.6 Å². The van der Waals surface area contributed by atoms with Crippen LogP contribution in [0.25, 0.3) is 33.4 Å². The van der Waals surface area contributed by atoms with Crippen molar-refractivity contribution in [1.82, 2.24) is 0 Å². The van der Waals surface area contributed by atoms with Crippen molar-refractivity contribution in [1.29, 1.82) is 0 Å². The number of benzene rings is 3. The standard InChI is InChI=1S/C22H14F2O2/c23-22(24)16-11-12-18-17(13-16)20(25)19(14-7-3-1-4-8-14)21(26-18)15-9-5-2-6-10-15/h1-13,22H. The molecule has 0 N–H and O–H groups in total. The summed E-state index contributed by atoms with van der Waals surface area (Å²) < 4.78 is 32.1. The maximum atomic E-state index is 13.2. The molecule has 26 heavy (non-hydrogen) atoms. The third kappa shape index (κ3) is 2.80. The maximum Gasteiger partial charge on any atom is 0.263 e. The molecule has 0 aliphatic heterocycles. The highest BCUT2D eigenvalue weighted by atomic mass is 19.3. The summed E-state index contributed by atoms with van der Waals surface area (Å²) >= 11 is 0. The fraction of sp³-hybridized carbons (Fsp3) is 0.0455. The Morgan fingerprint density at radius 2 is 1.38 bits per heavy atom. The zero-order chi connectivity index (χ0) is 18.1. The average molecular weight is 348 g/mol. The van der Waals surface area contributed by atoms with Gasteiger partial charge < -0.3 is 4.42 Å². The average Bonchev–Trinajstić information content (AvgIpc) is 2.69. The predicted molar refractivity (Wildman–Crippen MR) is 98.3 cm³/mol. The Labute approximate surface area is 148 Å². The first-order valence-corrected chi connectivity index (χ1v) is 8.15. The molecule has 128 valence electrons. The third-order valence-electron chi connectivity index (χ3n) is 4.26. The third-order valence-corrected chi connectivity index (χ3v) is 4.26. The van der Waals surface area contributed by atoms with E-state index in [1.165, 1.54) is 18.2 Å². The van der Waals surface area contributed by atoms with Crippen molar-refractivity contribution in [2.75, 3.05) is 0 Å². The largest absolute Gasteiger partial charge is 0.455 e. The summed E-state index contributed by atoms with van der Waals surface area (Å²) in [6.07, 6.45) is -2.65. The van der Waals surface area contributed by atoms with Gasteiger partial charge in [0.1, 0.15) is 11.3 Å². The van der Waals surface area contributed by atoms with Gasteiger partial charge >= 0.3 is 0 Å². The SMILES string of the molecule is O=c1c(-c2ccccc2)c(-c2ccccc2)oc2ccc(C(F)F)cc12. The number of rotatable bonds is 3. The Hall–Kier alpha value is -3.27. The number of halogens is 2. The summed E-state index contributed by atoms with van der Waals surface area (Å²) in [6, 6.07) is 22.3. The van der Waals surface area contributed by atoms with Gasteiger partial charge in [-0.15, -0.1) is 0 Å². The van der Waals surface area contributed by atoms with Crippen LogP contribution >= 0.6 is 0 Å². The van der Waals surface area contributed by atoms with Gasteiger partial charge in [-0.3, -0.25) is 4.79 Å². The highest BCUT2D eigenvalue weighted by Crippen LogP contribution is 2.33. The monoisotopic (exact) mass is 348 g/mol. The van der Waals surface area contributed by atoms with Crippen LogP contribution < -0.4 is 5.43 Å². The molecule has 0 saturated carbocycles. The smallest absolute Gasteiger partial charge is 0.263 e. The van der Waals surface area contributed by atoms with Crippen molar-refractivity contribution in [3.8, 4) is 22.5 Å². The first kappa shape index (κ1) is 16.2. The Kier molecular flexibility index (Phi) is 4.09. The van der Waals surface area contributed by atoms with E-state index in [2.05, 4.69) is 0 Å². The van der Waals surface area contributed by atoms with Crippen LogP contribution in [0.2, 0.25) is 0 Å². The van der Waals surface area contributed by atoms with E-state index >= 15 is 0 Å². The molecule has 0 aliphatic rings. The molecule has 0 radical (unpaired) electrons. The van der Waals surface area contributed by atoms with E-state index < -0.39 is 6.43 Å². The summed E-state index contributed by atoms with van der Waals surface area (Å²) in [4.78, 5) is 13.2. The first-order valence-electron chi connectivity index (χ1n) is 8.15. The Bertz CT molecular complexity index is 1120. The molecule has 2 nitrogen and oxygen atoms in total. The van der Waals surface area contributed by atoms with Crippen LogP contribution in [0, 0.1) is 0 Å². The van der Waals surface area contributed by atoms with Crippen LogP contribution in [0.1, 0.15) is 12.0 Å². The van der Waals surface area contributed by atoms with E-state index in [-0.39, 0.29) is 22.0 Å². The van der Waals surface area contributed by atoms with Crippen LogP contribution in [0.5, 0.6) is 0 Å². The van der Waals surface area contributed by atoms with E-state index in [0.29, 0.717) is 16.9 Å². The van der Waals surface area contributed by atoms with Crippen molar-refractivity contribution >= 4 is 11.0 Å². The minimum Gasteiger partial charge on any atom is -0.455 e. The Balaban J connectivity index is 2.10. The molecule has 4 heteroatoms. The second kappa shape index (κ2) is 6.56. The quantitative estimate of drug-likeness (QED) is 0.450. The van der Waals surface area contributed by atoms with E-state index in [1.807, 2.05) is 60.7 Å². The van der Waals surface area contributed by atoms with Gasteiger partial charge in [-0.1, -0.05) is 60.7 Å². The van der Waals surface area contributed by atoms with Crippen LogP contribution in [0.3, 0.4) is 0 Å². The van der Waals surface area contributed by atoms with Crippen molar-refractivity contribution < 1.29 is 13.2 Å². The van der Waals surface area contributed by atoms with E-state index in [4.69, 9.17) is 4.42 Å². The van der Waals surface area contributed by atoms with Crippen molar-refractivity contribution in [2.45, 2.75) is 6.43 Å². The topological polar surface area (TPSA) is 30.2 Å². The highest BCUT2D eigenvalue weighted by molar-refractivity contribution is 5.89. The second-order valence-electron chi connectivity index (χ2n) is 5.92. The number of hydrogen-bond acceptors (Lipinski definition) is 2. The minimum absolute atomic E-state index is 0.154. The second-order valence-corrected chi connectivity index (χ2v) is 5.92. The molecule has 0 saturated heterocycles. The molecule has 0 spiro atoms. The molecule has 1 heterocycles. The minimum atomic E-state index is -2.65. The summed E-state index contributed by atoms with van der Waals surface area (Å²) in [5.41, 5.74) is 1.58. The normalized spacial score (nSPS) is 11.2. The molecule has 0 aliphatic carbocycles. The maximum absolute atomic E-state index is 13.2. The molecule has 0 amide bonds. The summed E-state index contributed by atoms with van der Waals surface area (Å²) in [6.45, 7) is 0. The van der Waals surface area contributed by atoms with Gasteiger partial charge in [0, 0.05) is 11.1 Å². The highest BCUT2D eigenvalue weighted by Gasteiger charge is 2.19. The van der Waals surface area contributed by atoms with Crippen molar-refractivity contribution in [3.05, 3.63) is 94.6 Å². The number of fused-ring (bicyclic) bond motifs is 1. The molecular weight excluding hydrogens is 334 g/mol. The zero-order valence-electron chi connectivity index (χ0n) is 13.7. The van der Waals surface area contributed by atoms with Crippen LogP contribution in [0.15, 0.2) is 88.1 Å². The summed E-state index contributed by atoms with van der Waals surface area (Å²) in [7, 11) is 0. The lowest BCUT2D eigenvalue weighted by atomic mass is 9.98. The molecule has 0 atom stereocenters. The molecule has 0 unspecified atom stereocenters. The summed E-state index contributed by atoms with van der Waals surface area (Å²) in [5, 5.41) is 0.154. The lowest BCUT2D eigenvalue weighted by Gasteiger charge is -2.11.